The number of fused-ring (bicyclic) bond motifs is 1. The summed E-state index contributed by atoms with van der Waals surface area (Å²) < 4.78 is 23.1. The summed E-state index contributed by atoms with van der Waals surface area (Å²) in [6.45, 7) is 4.56. The Morgan fingerprint density at radius 2 is 2.05 bits per heavy atom. The Hall–Kier alpha value is -1.46. The Morgan fingerprint density at radius 1 is 1.29 bits per heavy atom. The molecule has 1 aromatic rings. The van der Waals surface area contributed by atoms with Crippen LogP contribution in [0.5, 0.6) is 17.2 Å². The van der Waals surface area contributed by atoms with Crippen molar-refractivity contribution < 1.29 is 18.9 Å². The highest BCUT2D eigenvalue weighted by Crippen LogP contribution is 2.47. The Bertz CT molecular complexity index is 511. The van der Waals surface area contributed by atoms with Crippen LogP contribution in [0.1, 0.15) is 31.4 Å². The van der Waals surface area contributed by atoms with Crippen LogP contribution in [-0.2, 0) is 4.74 Å². The summed E-state index contributed by atoms with van der Waals surface area (Å²) in [5.41, 5.74) is 0.888. The molecule has 2 atom stereocenters. The van der Waals surface area contributed by atoms with Gasteiger partial charge >= 0.3 is 0 Å². The molecule has 0 amide bonds. The lowest BCUT2D eigenvalue weighted by Crippen LogP contribution is -2.43. The summed E-state index contributed by atoms with van der Waals surface area (Å²) in [4.78, 5) is 0. The monoisotopic (exact) mass is 293 g/mol. The summed E-state index contributed by atoms with van der Waals surface area (Å²) in [7, 11) is 3.28. The predicted molar refractivity (Wildman–Crippen MR) is 79.4 cm³/mol. The number of ether oxygens (including phenoxy) is 4. The van der Waals surface area contributed by atoms with Gasteiger partial charge in [-0.2, -0.15) is 0 Å². The SMILES string of the molecule is CCOC1CC2(CCNC2)Oc2cc(OC)c(OC)cc21. The Balaban J connectivity index is 2.02. The normalized spacial score (nSPS) is 27.3. The van der Waals surface area contributed by atoms with Crippen LogP contribution in [0.4, 0.5) is 0 Å². The first-order valence-corrected chi connectivity index (χ1v) is 7.48. The van der Waals surface area contributed by atoms with Crippen LogP contribution in [0.2, 0.25) is 0 Å². The fourth-order valence-electron chi connectivity index (χ4n) is 3.27. The maximum absolute atomic E-state index is 6.32. The van der Waals surface area contributed by atoms with Gasteiger partial charge in [-0.3, -0.25) is 0 Å². The highest BCUT2D eigenvalue weighted by Gasteiger charge is 2.44. The van der Waals surface area contributed by atoms with E-state index in [1.165, 1.54) is 0 Å². The second-order valence-corrected chi connectivity index (χ2v) is 5.60. The number of benzene rings is 1. The second-order valence-electron chi connectivity index (χ2n) is 5.60. The Labute approximate surface area is 125 Å². The fourth-order valence-corrected chi connectivity index (χ4v) is 3.27. The van der Waals surface area contributed by atoms with Gasteiger partial charge < -0.3 is 24.3 Å². The van der Waals surface area contributed by atoms with Crippen LogP contribution < -0.4 is 19.5 Å². The zero-order valence-electron chi connectivity index (χ0n) is 12.9. The van der Waals surface area contributed by atoms with Crippen LogP contribution in [0, 0.1) is 0 Å². The van der Waals surface area contributed by atoms with E-state index in [4.69, 9.17) is 18.9 Å². The maximum atomic E-state index is 6.32. The van der Waals surface area contributed by atoms with Gasteiger partial charge in [-0.05, 0) is 19.5 Å². The molecule has 0 saturated carbocycles. The summed E-state index contributed by atoms with van der Waals surface area (Å²) in [5.74, 6) is 2.25. The lowest BCUT2D eigenvalue weighted by atomic mass is 9.87. The van der Waals surface area contributed by atoms with E-state index in [1.807, 2.05) is 19.1 Å². The van der Waals surface area contributed by atoms with E-state index >= 15 is 0 Å². The first kappa shape index (κ1) is 14.5. The predicted octanol–water partition coefficient (Wildman–Crippen LogP) is 2.30. The standard InChI is InChI=1S/C16H23NO4/c1-4-20-15-9-16(5-6-17-10-16)21-12-8-14(19-3)13(18-2)7-11(12)15/h7-8,15,17H,4-6,9-10H2,1-3H3. The summed E-state index contributed by atoms with van der Waals surface area (Å²) in [6.07, 6.45) is 1.92. The highest BCUT2D eigenvalue weighted by atomic mass is 16.5. The molecule has 1 fully saturated rings. The zero-order chi connectivity index (χ0) is 14.9. The van der Waals surface area contributed by atoms with Crippen LogP contribution in [0.3, 0.4) is 0 Å². The molecule has 1 N–H and O–H groups in total. The summed E-state index contributed by atoms with van der Waals surface area (Å²) in [5, 5.41) is 3.39. The third-order valence-corrected chi connectivity index (χ3v) is 4.32. The molecule has 0 aromatic heterocycles. The molecule has 1 aromatic carbocycles. The van der Waals surface area contributed by atoms with Crippen LogP contribution in [0.25, 0.3) is 0 Å². The molecule has 2 aliphatic heterocycles. The molecule has 0 bridgehead atoms. The smallest absolute Gasteiger partial charge is 0.164 e. The van der Waals surface area contributed by atoms with Crippen molar-refractivity contribution in [2.24, 2.45) is 0 Å². The van der Waals surface area contributed by atoms with E-state index in [0.29, 0.717) is 18.1 Å². The minimum Gasteiger partial charge on any atom is -0.493 e. The lowest BCUT2D eigenvalue weighted by molar-refractivity contribution is -0.0356. The van der Waals surface area contributed by atoms with Gasteiger partial charge in [0.05, 0.1) is 20.3 Å². The number of hydrogen-bond acceptors (Lipinski definition) is 5. The van der Waals surface area contributed by atoms with Crippen molar-refractivity contribution in [1.29, 1.82) is 0 Å². The van der Waals surface area contributed by atoms with E-state index in [0.717, 1.165) is 37.2 Å². The molecule has 3 rings (SSSR count). The minimum absolute atomic E-state index is 0.0402. The molecule has 5 heteroatoms. The van der Waals surface area contributed by atoms with Crippen LogP contribution in [-0.4, -0.2) is 39.5 Å². The van der Waals surface area contributed by atoms with Crippen LogP contribution >= 0.6 is 0 Å². The largest absolute Gasteiger partial charge is 0.493 e. The van der Waals surface area contributed by atoms with Gasteiger partial charge in [-0.1, -0.05) is 0 Å². The van der Waals surface area contributed by atoms with E-state index < -0.39 is 0 Å². The first-order chi connectivity index (χ1) is 10.2. The molecule has 2 heterocycles. The third-order valence-electron chi connectivity index (χ3n) is 4.32. The second kappa shape index (κ2) is 5.73. The van der Waals surface area contributed by atoms with Crippen molar-refractivity contribution in [3.63, 3.8) is 0 Å². The lowest BCUT2D eigenvalue weighted by Gasteiger charge is -2.39. The van der Waals surface area contributed by atoms with Crippen molar-refractivity contribution in [1.82, 2.24) is 5.32 Å². The molecule has 2 aliphatic rings. The summed E-state index contributed by atoms with van der Waals surface area (Å²) in [6, 6.07) is 3.89. The van der Waals surface area contributed by atoms with Gasteiger partial charge in [0, 0.05) is 37.6 Å². The van der Waals surface area contributed by atoms with Crippen molar-refractivity contribution in [2.45, 2.75) is 31.5 Å². The Kier molecular flexibility index (Phi) is 3.95. The number of hydrogen-bond donors (Lipinski definition) is 1. The average molecular weight is 293 g/mol. The van der Waals surface area contributed by atoms with Crippen LogP contribution in [0.15, 0.2) is 12.1 Å². The molecule has 0 radical (unpaired) electrons. The van der Waals surface area contributed by atoms with Crippen molar-refractivity contribution in [3.8, 4) is 17.2 Å². The van der Waals surface area contributed by atoms with Gasteiger partial charge in [-0.15, -0.1) is 0 Å². The van der Waals surface area contributed by atoms with Gasteiger partial charge in [0.1, 0.15) is 11.4 Å². The topological polar surface area (TPSA) is 49.0 Å². The zero-order valence-corrected chi connectivity index (χ0v) is 12.9. The molecule has 1 saturated heterocycles. The molecule has 0 aliphatic carbocycles. The van der Waals surface area contributed by atoms with Gasteiger partial charge in [0.25, 0.3) is 0 Å². The third kappa shape index (κ3) is 2.56. The molecular formula is C16H23NO4. The van der Waals surface area contributed by atoms with Gasteiger partial charge in [-0.25, -0.2) is 0 Å². The van der Waals surface area contributed by atoms with Gasteiger partial charge in [0.15, 0.2) is 11.5 Å². The molecule has 1 spiro atoms. The minimum atomic E-state index is -0.160. The van der Waals surface area contributed by atoms with E-state index in [1.54, 1.807) is 14.2 Å². The maximum Gasteiger partial charge on any atom is 0.164 e. The molecular weight excluding hydrogens is 270 g/mol. The average Bonchev–Trinajstić information content (AvgIpc) is 2.94. The number of nitrogens with one attached hydrogen (secondary N) is 1. The van der Waals surface area contributed by atoms with E-state index in [9.17, 15) is 0 Å². The molecule has 2 unspecified atom stereocenters. The van der Waals surface area contributed by atoms with E-state index in [-0.39, 0.29) is 11.7 Å². The van der Waals surface area contributed by atoms with Crippen molar-refractivity contribution in [2.75, 3.05) is 33.9 Å². The molecule has 21 heavy (non-hydrogen) atoms. The first-order valence-electron chi connectivity index (χ1n) is 7.48. The van der Waals surface area contributed by atoms with E-state index in [2.05, 4.69) is 5.32 Å². The molecule has 5 nitrogen and oxygen atoms in total. The molecule has 116 valence electrons. The number of rotatable bonds is 4. The Morgan fingerprint density at radius 3 is 2.67 bits per heavy atom. The van der Waals surface area contributed by atoms with Crippen molar-refractivity contribution >= 4 is 0 Å². The summed E-state index contributed by atoms with van der Waals surface area (Å²) >= 11 is 0. The quantitative estimate of drug-likeness (QED) is 0.923. The number of methoxy groups -OCH3 is 2. The van der Waals surface area contributed by atoms with Crippen molar-refractivity contribution in [3.05, 3.63) is 17.7 Å². The highest BCUT2D eigenvalue weighted by molar-refractivity contribution is 5.52. The van der Waals surface area contributed by atoms with Gasteiger partial charge in [0.2, 0.25) is 0 Å². The fraction of sp³-hybridized carbons (Fsp3) is 0.625.